The van der Waals surface area contributed by atoms with E-state index in [1.807, 2.05) is 6.92 Å². The van der Waals surface area contributed by atoms with Crippen molar-refractivity contribution in [2.24, 2.45) is 5.92 Å². The lowest BCUT2D eigenvalue weighted by Crippen LogP contribution is -2.44. The first-order chi connectivity index (χ1) is 4.33. The molecule has 0 N–H and O–H groups in total. The maximum Gasteiger partial charge on any atom is 0.0516 e. The molecular formula is C7H14NO-. The fourth-order valence-electron chi connectivity index (χ4n) is 1.07. The predicted octanol–water partition coefficient (Wildman–Crippen LogP) is 0.746. The van der Waals surface area contributed by atoms with Crippen molar-refractivity contribution in [3.05, 3.63) is 7.05 Å². The first-order valence-electron chi connectivity index (χ1n) is 3.46. The van der Waals surface area contributed by atoms with Crippen molar-refractivity contribution in [2.45, 2.75) is 6.92 Å². The minimum absolute atomic E-state index is 0.752. The van der Waals surface area contributed by atoms with Gasteiger partial charge in [-0.25, -0.2) is 0 Å². The Hall–Kier alpha value is -0.0800. The third-order valence-corrected chi connectivity index (χ3v) is 1.59. The maximum absolute atomic E-state index is 5.23. The monoisotopic (exact) mass is 128 g/mol. The number of hydrogen-bond donors (Lipinski definition) is 0. The fourth-order valence-corrected chi connectivity index (χ4v) is 1.07. The van der Waals surface area contributed by atoms with Crippen LogP contribution in [0.15, 0.2) is 0 Å². The highest BCUT2D eigenvalue weighted by Crippen LogP contribution is 2.13. The van der Waals surface area contributed by atoms with E-state index in [0.29, 0.717) is 0 Å². The van der Waals surface area contributed by atoms with Gasteiger partial charge < -0.3 is 9.64 Å². The summed E-state index contributed by atoms with van der Waals surface area (Å²) in [6.45, 7) is 6.01. The lowest BCUT2D eigenvalue weighted by molar-refractivity contribution is 0.0414. The molecule has 1 aliphatic rings. The summed E-state index contributed by atoms with van der Waals surface area (Å²) in [6, 6.07) is 0. The van der Waals surface area contributed by atoms with Crippen molar-refractivity contribution in [2.75, 3.05) is 26.3 Å². The van der Waals surface area contributed by atoms with Crippen molar-refractivity contribution >= 4 is 0 Å². The number of ether oxygens (including phenoxy) is 1. The summed E-state index contributed by atoms with van der Waals surface area (Å²) in [7, 11) is 3.78. The van der Waals surface area contributed by atoms with Crippen LogP contribution < -0.4 is 0 Å². The van der Waals surface area contributed by atoms with E-state index in [1.165, 1.54) is 0 Å². The van der Waals surface area contributed by atoms with Gasteiger partial charge in [-0.05, 0) is 20.0 Å². The molecule has 0 atom stereocenters. The van der Waals surface area contributed by atoms with Gasteiger partial charge >= 0.3 is 0 Å². The molecule has 1 saturated heterocycles. The second-order valence-electron chi connectivity index (χ2n) is 2.56. The van der Waals surface area contributed by atoms with Gasteiger partial charge in [0.1, 0.15) is 0 Å². The second kappa shape index (κ2) is 3.18. The van der Waals surface area contributed by atoms with E-state index in [4.69, 9.17) is 4.74 Å². The Bertz CT molecular complexity index is 79.0. The molecule has 0 aliphatic carbocycles. The molecule has 0 bridgehead atoms. The highest BCUT2D eigenvalue weighted by molar-refractivity contribution is 4.78. The average Bonchev–Trinajstić information content (AvgIpc) is 1.78. The van der Waals surface area contributed by atoms with Crippen molar-refractivity contribution in [1.82, 2.24) is 4.90 Å². The molecule has 1 aliphatic heterocycles. The molecule has 0 saturated carbocycles. The highest BCUT2D eigenvalue weighted by Gasteiger charge is 2.17. The largest absolute Gasteiger partial charge is 0.459 e. The normalized spacial score (nSPS) is 22.0. The van der Waals surface area contributed by atoms with Gasteiger partial charge in [0.2, 0.25) is 0 Å². The Balaban J connectivity index is 1.91. The molecule has 1 rings (SSSR count). The summed E-state index contributed by atoms with van der Waals surface area (Å²) in [5.74, 6) is 0.752. The minimum Gasteiger partial charge on any atom is -0.459 e. The summed E-state index contributed by atoms with van der Waals surface area (Å²) in [4.78, 5) is 2.06. The zero-order valence-corrected chi connectivity index (χ0v) is 5.97. The van der Waals surface area contributed by atoms with Crippen LogP contribution in [0.4, 0.5) is 0 Å². The van der Waals surface area contributed by atoms with Gasteiger partial charge in [-0.1, -0.05) is 0 Å². The van der Waals surface area contributed by atoms with E-state index in [0.717, 1.165) is 32.2 Å². The summed E-state index contributed by atoms with van der Waals surface area (Å²) in [5, 5.41) is 0. The number of rotatable bonds is 3. The zero-order valence-electron chi connectivity index (χ0n) is 5.97. The van der Waals surface area contributed by atoms with E-state index in [2.05, 4.69) is 11.9 Å². The zero-order chi connectivity index (χ0) is 6.69. The topological polar surface area (TPSA) is 12.5 Å². The van der Waals surface area contributed by atoms with Crippen LogP contribution in [0, 0.1) is 13.0 Å². The SMILES string of the molecule is [CH2-]N1CC(COCC)C1. The maximum atomic E-state index is 5.23. The van der Waals surface area contributed by atoms with Crippen molar-refractivity contribution in [3.8, 4) is 0 Å². The van der Waals surface area contributed by atoms with Crippen LogP contribution in [0.3, 0.4) is 0 Å². The molecule has 2 nitrogen and oxygen atoms in total. The minimum atomic E-state index is 0.752. The number of nitrogens with zero attached hydrogens (tertiary/aromatic N) is 1. The van der Waals surface area contributed by atoms with Gasteiger partial charge in [0.15, 0.2) is 0 Å². The predicted molar refractivity (Wildman–Crippen MR) is 36.9 cm³/mol. The van der Waals surface area contributed by atoms with Gasteiger partial charge in [0, 0.05) is 12.5 Å². The van der Waals surface area contributed by atoms with Crippen LogP contribution in [-0.4, -0.2) is 31.2 Å². The van der Waals surface area contributed by atoms with E-state index in [-0.39, 0.29) is 0 Å². The quantitative estimate of drug-likeness (QED) is 0.520. The molecule has 0 radical (unpaired) electrons. The molecule has 54 valence electrons. The van der Waals surface area contributed by atoms with Gasteiger partial charge in [-0.2, -0.15) is 0 Å². The summed E-state index contributed by atoms with van der Waals surface area (Å²) in [6.07, 6.45) is 0. The van der Waals surface area contributed by atoms with Crippen molar-refractivity contribution < 1.29 is 4.74 Å². The summed E-state index contributed by atoms with van der Waals surface area (Å²) in [5.41, 5.74) is 0. The Morgan fingerprint density at radius 1 is 1.67 bits per heavy atom. The first kappa shape index (κ1) is 7.03. The van der Waals surface area contributed by atoms with E-state index in [1.54, 1.807) is 0 Å². The van der Waals surface area contributed by atoms with Crippen LogP contribution in [0.5, 0.6) is 0 Å². The first-order valence-corrected chi connectivity index (χ1v) is 3.46. The van der Waals surface area contributed by atoms with E-state index < -0.39 is 0 Å². The van der Waals surface area contributed by atoms with Gasteiger partial charge in [-0.3, -0.25) is 7.05 Å². The lowest BCUT2D eigenvalue weighted by Gasteiger charge is -2.42. The molecule has 2 heteroatoms. The molecule has 0 aromatic carbocycles. The molecule has 1 heterocycles. The highest BCUT2D eigenvalue weighted by atomic mass is 16.5. The average molecular weight is 128 g/mol. The van der Waals surface area contributed by atoms with Gasteiger partial charge in [0.25, 0.3) is 0 Å². The van der Waals surface area contributed by atoms with Gasteiger partial charge in [-0.15, -0.1) is 0 Å². The molecule has 1 fully saturated rings. The van der Waals surface area contributed by atoms with Crippen LogP contribution in [-0.2, 0) is 4.74 Å². The number of likely N-dealkylation sites (tertiary alicyclic amines) is 1. The Morgan fingerprint density at radius 3 is 2.78 bits per heavy atom. The molecule has 0 aromatic rings. The molecule has 0 aromatic heterocycles. The second-order valence-corrected chi connectivity index (χ2v) is 2.56. The summed E-state index contributed by atoms with van der Waals surface area (Å²) < 4.78 is 5.23. The van der Waals surface area contributed by atoms with Crippen LogP contribution >= 0.6 is 0 Å². The van der Waals surface area contributed by atoms with Crippen molar-refractivity contribution in [3.63, 3.8) is 0 Å². The van der Waals surface area contributed by atoms with Crippen LogP contribution in [0.2, 0.25) is 0 Å². The Labute approximate surface area is 56.8 Å². The van der Waals surface area contributed by atoms with E-state index in [9.17, 15) is 0 Å². The Morgan fingerprint density at radius 2 is 2.33 bits per heavy atom. The smallest absolute Gasteiger partial charge is 0.0516 e. The molecule has 0 spiro atoms. The third-order valence-electron chi connectivity index (χ3n) is 1.59. The lowest BCUT2D eigenvalue weighted by atomic mass is 10.0. The fraction of sp³-hybridized carbons (Fsp3) is 0.857. The summed E-state index contributed by atoms with van der Waals surface area (Å²) >= 11 is 0. The molecule has 0 amide bonds. The number of hydrogen-bond acceptors (Lipinski definition) is 2. The molecular weight excluding hydrogens is 114 g/mol. The molecule has 9 heavy (non-hydrogen) atoms. The van der Waals surface area contributed by atoms with E-state index >= 15 is 0 Å². The third kappa shape index (κ3) is 1.95. The molecule has 0 unspecified atom stereocenters. The van der Waals surface area contributed by atoms with Gasteiger partial charge in [0.05, 0.1) is 6.61 Å². The van der Waals surface area contributed by atoms with Crippen molar-refractivity contribution in [1.29, 1.82) is 0 Å². The van der Waals surface area contributed by atoms with Crippen LogP contribution in [0.1, 0.15) is 6.92 Å². The standard InChI is InChI=1S/C7H14NO/c1-3-9-6-7-4-8(2)5-7/h7H,2-6H2,1H3/q-1. The Kier molecular flexibility index (Phi) is 2.49. The van der Waals surface area contributed by atoms with Crippen LogP contribution in [0.25, 0.3) is 0 Å².